The summed E-state index contributed by atoms with van der Waals surface area (Å²) in [6, 6.07) is 3.67. The third-order valence-electron chi connectivity index (χ3n) is 1.44. The molecule has 1 rings (SSSR count). The lowest BCUT2D eigenvalue weighted by Crippen LogP contribution is -1.99. The summed E-state index contributed by atoms with van der Waals surface area (Å²) >= 11 is 1.45. The van der Waals surface area contributed by atoms with Gasteiger partial charge in [-0.05, 0) is 17.0 Å². The van der Waals surface area contributed by atoms with Gasteiger partial charge in [0.15, 0.2) is 0 Å². The second-order valence-electron chi connectivity index (χ2n) is 2.24. The molecule has 0 fully saturated rings. The van der Waals surface area contributed by atoms with Crippen LogP contribution in [0.1, 0.15) is 4.88 Å². The number of carbonyl (C=O) groups is 1. The van der Waals surface area contributed by atoms with Gasteiger partial charge in [0.25, 0.3) is 0 Å². The summed E-state index contributed by atoms with van der Waals surface area (Å²) < 4.78 is 0. The van der Waals surface area contributed by atoms with Crippen molar-refractivity contribution in [2.24, 2.45) is 0 Å². The van der Waals surface area contributed by atoms with E-state index in [4.69, 9.17) is 5.11 Å². The number of rotatable bonds is 3. The van der Waals surface area contributed by atoms with Crippen LogP contribution in [0.5, 0.6) is 0 Å². The van der Waals surface area contributed by atoms with Crippen LogP contribution in [0, 0.1) is 0 Å². The summed E-state index contributed by atoms with van der Waals surface area (Å²) in [4.78, 5) is 11.3. The number of aliphatic carboxylic acids is 1. The molecule has 0 aliphatic rings. The largest absolute Gasteiger partial charge is 0.478 e. The van der Waals surface area contributed by atoms with E-state index < -0.39 is 5.97 Å². The number of carboxylic acids is 1. The third kappa shape index (κ3) is 1.62. The Morgan fingerprint density at radius 3 is 2.58 bits per heavy atom. The highest BCUT2D eigenvalue weighted by molar-refractivity contribution is 7.11. The predicted molar refractivity (Wildman–Crippen MR) is 50.1 cm³/mol. The van der Waals surface area contributed by atoms with Crippen LogP contribution in [0.25, 0.3) is 5.57 Å². The minimum atomic E-state index is -1.02. The fourth-order valence-corrected chi connectivity index (χ4v) is 1.45. The van der Waals surface area contributed by atoms with E-state index in [1.807, 2.05) is 17.5 Å². The van der Waals surface area contributed by atoms with Crippen LogP contribution < -0.4 is 0 Å². The molecule has 12 heavy (non-hydrogen) atoms. The quantitative estimate of drug-likeness (QED) is 0.573. The fraction of sp³-hybridized carbons (Fsp3) is 0. The van der Waals surface area contributed by atoms with Crippen molar-refractivity contribution in [3.63, 3.8) is 0 Å². The van der Waals surface area contributed by atoms with E-state index in [0.29, 0.717) is 5.57 Å². The molecule has 2 nitrogen and oxygen atoms in total. The first kappa shape index (κ1) is 8.74. The van der Waals surface area contributed by atoms with Gasteiger partial charge >= 0.3 is 5.97 Å². The van der Waals surface area contributed by atoms with Crippen LogP contribution in [-0.2, 0) is 4.79 Å². The van der Waals surface area contributed by atoms with Crippen molar-refractivity contribution in [2.75, 3.05) is 0 Å². The second kappa shape index (κ2) is 3.36. The van der Waals surface area contributed by atoms with Crippen molar-refractivity contribution in [3.8, 4) is 0 Å². The number of thiophene rings is 1. The van der Waals surface area contributed by atoms with E-state index in [1.54, 1.807) is 0 Å². The lowest BCUT2D eigenvalue weighted by Gasteiger charge is -2.00. The molecule has 0 aliphatic carbocycles. The molecule has 0 aliphatic heterocycles. The molecule has 0 saturated heterocycles. The SMILES string of the molecule is C=C(C(=C)c1cccs1)C(=O)O. The van der Waals surface area contributed by atoms with E-state index in [0.717, 1.165) is 4.88 Å². The predicted octanol–water partition coefficient (Wildman–Crippen LogP) is 2.40. The molecule has 0 bridgehead atoms. The molecule has 0 aromatic carbocycles. The maximum atomic E-state index is 10.5. The fourth-order valence-electron chi connectivity index (χ4n) is 0.728. The minimum Gasteiger partial charge on any atom is -0.478 e. The Morgan fingerprint density at radius 1 is 1.50 bits per heavy atom. The summed E-state index contributed by atoms with van der Waals surface area (Å²) in [5.41, 5.74) is 0.537. The molecule has 3 heteroatoms. The minimum absolute atomic E-state index is 0.0532. The molecule has 0 spiro atoms. The zero-order valence-corrected chi connectivity index (χ0v) is 7.23. The van der Waals surface area contributed by atoms with Crippen molar-refractivity contribution in [1.82, 2.24) is 0 Å². The lowest BCUT2D eigenvalue weighted by molar-refractivity contribution is -0.132. The summed E-state index contributed by atoms with van der Waals surface area (Å²) in [6.07, 6.45) is 0. The Hall–Kier alpha value is -1.35. The standard InChI is InChI=1S/C9H8O2S/c1-6(7(2)9(10)11)8-4-3-5-12-8/h3-5H,1-2H2,(H,10,11). The average molecular weight is 180 g/mol. The van der Waals surface area contributed by atoms with Gasteiger partial charge in [0, 0.05) is 4.88 Å². The Labute approximate surface area is 74.5 Å². The van der Waals surface area contributed by atoms with Gasteiger partial charge in [-0.25, -0.2) is 4.79 Å². The number of hydrogen-bond donors (Lipinski definition) is 1. The molecule has 62 valence electrons. The van der Waals surface area contributed by atoms with E-state index in [-0.39, 0.29) is 5.57 Å². The van der Waals surface area contributed by atoms with Gasteiger partial charge in [0.1, 0.15) is 0 Å². The molecule has 1 N–H and O–H groups in total. The van der Waals surface area contributed by atoms with Gasteiger partial charge in [-0.2, -0.15) is 0 Å². The van der Waals surface area contributed by atoms with Crippen LogP contribution in [-0.4, -0.2) is 11.1 Å². The van der Waals surface area contributed by atoms with Crippen molar-refractivity contribution in [2.45, 2.75) is 0 Å². The molecule has 0 amide bonds. The third-order valence-corrected chi connectivity index (χ3v) is 2.37. The molecule has 1 aromatic heterocycles. The van der Waals surface area contributed by atoms with E-state index in [2.05, 4.69) is 13.2 Å². The normalized spacial score (nSPS) is 9.33. The van der Waals surface area contributed by atoms with Crippen molar-refractivity contribution in [1.29, 1.82) is 0 Å². The number of carboxylic acid groups (broad SMARTS) is 1. The second-order valence-corrected chi connectivity index (χ2v) is 3.19. The number of hydrogen-bond acceptors (Lipinski definition) is 2. The van der Waals surface area contributed by atoms with Gasteiger partial charge in [0.2, 0.25) is 0 Å². The summed E-state index contributed by atoms with van der Waals surface area (Å²) in [6.45, 7) is 7.07. The van der Waals surface area contributed by atoms with Crippen LogP contribution in [0.15, 0.2) is 36.2 Å². The maximum Gasteiger partial charge on any atom is 0.335 e. The van der Waals surface area contributed by atoms with E-state index >= 15 is 0 Å². The van der Waals surface area contributed by atoms with E-state index in [9.17, 15) is 4.79 Å². The highest BCUT2D eigenvalue weighted by atomic mass is 32.1. The molecule has 0 saturated carbocycles. The molecule has 1 heterocycles. The van der Waals surface area contributed by atoms with E-state index in [1.165, 1.54) is 11.3 Å². The Bertz CT molecular complexity index is 322. The lowest BCUT2D eigenvalue weighted by atomic mass is 10.1. The van der Waals surface area contributed by atoms with Gasteiger partial charge in [-0.15, -0.1) is 11.3 Å². The van der Waals surface area contributed by atoms with Gasteiger partial charge in [0.05, 0.1) is 5.57 Å². The molecule has 0 atom stereocenters. The first-order valence-electron chi connectivity index (χ1n) is 3.28. The first-order valence-corrected chi connectivity index (χ1v) is 4.16. The van der Waals surface area contributed by atoms with Gasteiger partial charge < -0.3 is 5.11 Å². The smallest absolute Gasteiger partial charge is 0.335 e. The van der Waals surface area contributed by atoms with Crippen LogP contribution in [0.3, 0.4) is 0 Å². The Kier molecular flexibility index (Phi) is 2.45. The molecule has 0 unspecified atom stereocenters. The molecular weight excluding hydrogens is 172 g/mol. The zero-order valence-electron chi connectivity index (χ0n) is 6.41. The van der Waals surface area contributed by atoms with Crippen LogP contribution in [0.4, 0.5) is 0 Å². The maximum absolute atomic E-state index is 10.5. The summed E-state index contributed by atoms with van der Waals surface area (Å²) in [7, 11) is 0. The monoisotopic (exact) mass is 180 g/mol. The summed E-state index contributed by atoms with van der Waals surface area (Å²) in [5.74, 6) is -1.02. The first-order chi connectivity index (χ1) is 5.63. The van der Waals surface area contributed by atoms with Crippen molar-refractivity contribution < 1.29 is 9.90 Å². The topological polar surface area (TPSA) is 37.3 Å². The molecular formula is C9H8O2S. The van der Waals surface area contributed by atoms with Crippen molar-refractivity contribution in [3.05, 3.63) is 41.1 Å². The van der Waals surface area contributed by atoms with Crippen LogP contribution >= 0.6 is 11.3 Å². The molecule has 1 aromatic rings. The average Bonchev–Trinajstić information content (AvgIpc) is 2.53. The highest BCUT2D eigenvalue weighted by Gasteiger charge is 2.10. The van der Waals surface area contributed by atoms with Gasteiger partial charge in [-0.1, -0.05) is 19.2 Å². The Balaban J connectivity index is 2.87. The summed E-state index contributed by atoms with van der Waals surface area (Å²) in [5, 5.41) is 10.5. The highest BCUT2D eigenvalue weighted by Crippen LogP contribution is 2.23. The van der Waals surface area contributed by atoms with Crippen LogP contribution in [0.2, 0.25) is 0 Å². The Morgan fingerprint density at radius 2 is 2.17 bits per heavy atom. The van der Waals surface area contributed by atoms with Gasteiger partial charge in [-0.3, -0.25) is 0 Å². The molecule has 0 radical (unpaired) electrons. The van der Waals surface area contributed by atoms with Crippen molar-refractivity contribution >= 4 is 22.9 Å². The zero-order chi connectivity index (χ0) is 9.14.